The van der Waals surface area contributed by atoms with Crippen LogP contribution in [0.25, 0.3) is 0 Å². The van der Waals surface area contributed by atoms with Crippen LogP contribution in [-0.2, 0) is 20.9 Å². The number of hydrogen-bond donors (Lipinski definition) is 0. The lowest BCUT2D eigenvalue weighted by molar-refractivity contribution is -0.148. The standard InChI is InChI=1S/C17H16O4/c1-13-7-5-6-10-15(13)17(19)21-12-16(18)20-11-14-8-3-2-4-9-14/h2-10H,11-12H2,1H3. The van der Waals surface area contributed by atoms with E-state index >= 15 is 0 Å². The van der Waals surface area contributed by atoms with Crippen LogP contribution in [0.1, 0.15) is 21.5 Å². The highest BCUT2D eigenvalue weighted by Gasteiger charge is 2.12. The smallest absolute Gasteiger partial charge is 0.344 e. The third kappa shape index (κ3) is 4.45. The summed E-state index contributed by atoms with van der Waals surface area (Å²) in [4.78, 5) is 23.4. The molecule has 0 atom stereocenters. The molecule has 0 radical (unpaired) electrons. The second kappa shape index (κ2) is 7.24. The van der Waals surface area contributed by atoms with Crippen LogP contribution in [0.5, 0.6) is 0 Å². The van der Waals surface area contributed by atoms with E-state index in [4.69, 9.17) is 9.47 Å². The first-order chi connectivity index (χ1) is 10.2. The van der Waals surface area contributed by atoms with Crippen molar-refractivity contribution in [2.45, 2.75) is 13.5 Å². The Kier molecular flexibility index (Phi) is 5.10. The fourth-order valence-corrected chi connectivity index (χ4v) is 1.78. The van der Waals surface area contributed by atoms with E-state index < -0.39 is 11.9 Å². The minimum atomic E-state index is -0.569. The van der Waals surface area contributed by atoms with Gasteiger partial charge in [0.15, 0.2) is 6.61 Å². The molecule has 0 bridgehead atoms. The molecule has 0 aromatic heterocycles. The molecule has 0 aliphatic carbocycles. The van der Waals surface area contributed by atoms with Crippen LogP contribution in [0.4, 0.5) is 0 Å². The fraction of sp³-hybridized carbons (Fsp3) is 0.176. The molecule has 0 saturated heterocycles. The number of ether oxygens (including phenoxy) is 2. The van der Waals surface area contributed by atoms with Gasteiger partial charge in [0.05, 0.1) is 5.56 Å². The van der Waals surface area contributed by atoms with Gasteiger partial charge in [0.1, 0.15) is 6.61 Å². The summed E-state index contributed by atoms with van der Waals surface area (Å²) < 4.78 is 9.97. The van der Waals surface area contributed by atoms with E-state index in [-0.39, 0.29) is 13.2 Å². The van der Waals surface area contributed by atoms with Gasteiger partial charge in [-0.2, -0.15) is 0 Å². The van der Waals surface area contributed by atoms with Gasteiger partial charge in [-0.05, 0) is 24.1 Å². The number of aryl methyl sites for hydroxylation is 1. The Bertz CT molecular complexity index is 620. The molecular formula is C17H16O4. The normalized spacial score (nSPS) is 9.95. The van der Waals surface area contributed by atoms with Crippen LogP contribution in [0.2, 0.25) is 0 Å². The second-order valence-electron chi connectivity index (χ2n) is 4.54. The molecule has 0 heterocycles. The highest BCUT2D eigenvalue weighted by molar-refractivity contribution is 5.92. The van der Waals surface area contributed by atoms with E-state index in [0.717, 1.165) is 11.1 Å². The first kappa shape index (κ1) is 14.8. The first-order valence-corrected chi connectivity index (χ1v) is 6.59. The highest BCUT2D eigenvalue weighted by Crippen LogP contribution is 2.08. The molecule has 0 unspecified atom stereocenters. The van der Waals surface area contributed by atoms with Crippen LogP contribution < -0.4 is 0 Å². The number of carbonyl (C=O) groups excluding carboxylic acids is 2. The Morgan fingerprint density at radius 3 is 2.29 bits per heavy atom. The zero-order valence-corrected chi connectivity index (χ0v) is 11.7. The average Bonchev–Trinajstić information content (AvgIpc) is 2.52. The van der Waals surface area contributed by atoms with Gasteiger partial charge in [0.25, 0.3) is 0 Å². The van der Waals surface area contributed by atoms with Gasteiger partial charge < -0.3 is 9.47 Å². The van der Waals surface area contributed by atoms with Crippen molar-refractivity contribution in [3.63, 3.8) is 0 Å². The molecule has 0 N–H and O–H groups in total. The molecule has 4 heteroatoms. The van der Waals surface area contributed by atoms with Crippen LogP contribution in [0, 0.1) is 6.92 Å². The molecule has 0 amide bonds. The maximum Gasteiger partial charge on any atom is 0.344 e. The number of benzene rings is 2. The Morgan fingerprint density at radius 1 is 0.905 bits per heavy atom. The molecule has 4 nitrogen and oxygen atoms in total. The van der Waals surface area contributed by atoms with E-state index in [2.05, 4.69) is 0 Å². The van der Waals surface area contributed by atoms with Crippen molar-refractivity contribution in [2.24, 2.45) is 0 Å². The monoisotopic (exact) mass is 284 g/mol. The van der Waals surface area contributed by atoms with Gasteiger partial charge >= 0.3 is 11.9 Å². The zero-order valence-electron chi connectivity index (χ0n) is 11.7. The lowest BCUT2D eigenvalue weighted by atomic mass is 10.1. The number of hydrogen-bond acceptors (Lipinski definition) is 4. The predicted octanol–water partition coefficient (Wildman–Crippen LogP) is 2.90. The van der Waals surface area contributed by atoms with E-state index in [1.165, 1.54) is 0 Å². The third-order valence-corrected chi connectivity index (χ3v) is 2.93. The van der Waals surface area contributed by atoms with E-state index in [1.807, 2.05) is 49.4 Å². The van der Waals surface area contributed by atoms with Crippen molar-refractivity contribution >= 4 is 11.9 Å². The maximum atomic E-state index is 11.8. The molecule has 0 saturated carbocycles. The summed E-state index contributed by atoms with van der Waals surface area (Å²) in [5, 5.41) is 0. The molecule has 0 spiro atoms. The molecule has 2 rings (SSSR count). The molecule has 2 aromatic carbocycles. The molecule has 108 valence electrons. The quantitative estimate of drug-likeness (QED) is 0.792. The van der Waals surface area contributed by atoms with Crippen molar-refractivity contribution < 1.29 is 19.1 Å². The average molecular weight is 284 g/mol. The van der Waals surface area contributed by atoms with Gasteiger partial charge in [-0.25, -0.2) is 9.59 Å². The van der Waals surface area contributed by atoms with Crippen molar-refractivity contribution in [3.05, 3.63) is 71.3 Å². The minimum absolute atomic E-state index is 0.168. The zero-order chi connectivity index (χ0) is 15.1. The summed E-state index contributed by atoms with van der Waals surface area (Å²) in [5.74, 6) is -1.09. The topological polar surface area (TPSA) is 52.6 Å². The Balaban J connectivity index is 1.79. The summed E-state index contributed by atoms with van der Waals surface area (Å²) >= 11 is 0. The van der Waals surface area contributed by atoms with Gasteiger partial charge in [0.2, 0.25) is 0 Å². The van der Waals surface area contributed by atoms with Crippen molar-refractivity contribution in [2.75, 3.05) is 6.61 Å². The predicted molar refractivity (Wildman–Crippen MR) is 77.7 cm³/mol. The first-order valence-electron chi connectivity index (χ1n) is 6.59. The summed E-state index contributed by atoms with van der Waals surface area (Å²) in [7, 11) is 0. The molecule has 0 fully saturated rings. The van der Waals surface area contributed by atoms with Crippen molar-refractivity contribution in [1.82, 2.24) is 0 Å². The van der Waals surface area contributed by atoms with Gasteiger partial charge in [0, 0.05) is 0 Å². The minimum Gasteiger partial charge on any atom is -0.458 e. The lowest BCUT2D eigenvalue weighted by Crippen LogP contribution is -2.17. The fourth-order valence-electron chi connectivity index (χ4n) is 1.78. The van der Waals surface area contributed by atoms with Crippen molar-refractivity contribution in [3.8, 4) is 0 Å². The summed E-state index contributed by atoms with van der Waals surface area (Å²) in [6, 6.07) is 16.4. The van der Waals surface area contributed by atoms with Crippen LogP contribution in [0.3, 0.4) is 0 Å². The number of esters is 2. The van der Waals surface area contributed by atoms with Crippen LogP contribution in [-0.4, -0.2) is 18.5 Å². The summed E-state index contributed by atoms with van der Waals surface area (Å²) in [5.41, 5.74) is 2.14. The SMILES string of the molecule is Cc1ccccc1C(=O)OCC(=O)OCc1ccccc1. The number of rotatable bonds is 5. The van der Waals surface area contributed by atoms with E-state index in [0.29, 0.717) is 5.56 Å². The van der Waals surface area contributed by atoms with E-state index in [9.17, 15) is 9.59 Å². The Hall–Kier alpha value is -2.62. The lowest BCUT2D eigenvalue weighted by Gasteiger charge is -2.07. The van der Waals surface area contributed by atoms with Crippen LogP contribution >= 0.6 is 0 Å². The number of carbonyl (C=O) groups is 2. The highest BCUT2D eigenvalue weighted by atomic mass is 16.6. The van der Waals surface area contributed by atoms with Crippen molar-refractivity contribution in [1.29, 1.82) is 0 Å². The molecule has 0 aliphatic heterocycles. The summed E-state index contributed by atoms with van der Waals surface area (Å²) in [6.07, 6.45) is 0. The molecule has 0 aliphatic rings. The maximum absolute atomic E-state index is 11.8. The Morgan fingerprint density at radius 2 is 1.57 bits per heavy atom. The third-order valence-electron chi connectivity index (χ3n) is 2.93. The van der Waals surface area contributed by atoms with Crippen LogP contribution in [0.15, 0.2) is 54.6 Å². The van der Waals surface area contributed by atoms with Gasteiger partial charge in [-0.1, -0.05) is 48.5 Å². The molecule has 2 aromatic rings. The summed E-state index contributed by atoms with van der Waals surface area (Å²) in [6.45, 7) is 1.59. The van der Waals surface area contributed by atoms with Gasteiger partial charge in [-0.15, -0.1) is 0 Å². The molecular weight excluding hydrogens is 268 g/mol. The van der Waals surface area contributed by atoms with Gasteiger partial charge in [-0.3, -0.25) is 0 Å². The largest absolute Gasteiger partial charge is 0.458 e. The Labute approximate surface area is 123 Å². The molecule has 21 heavy (non-hydrogen) atoms. The second-order valence-corrected chi connectivity index (χ2v) is 4.54. The van der Waals surface area contributed by atoms with E-state index in [1.54, 1.807) is 12.1 Å².